The fraction of sp³-hybridized carbons (Fsp3) is 0.444. The Morgan fingerprint density at radius 2 is 2.00 bits per heavy atom. The van der Waals surface area contributed by atoms with E-state index in [9.17, 15) is 22.0 Å². The standard InChI is InChI=1S/C9H8F5NO2/c1-17-6-4(8(10)11)2-15-7(5(6)3-16)9(12,13)14/h2,8,16H,3H2,1H3. The van der Waals surface area contributed by atoms with Crippen LogP contribution in [0, 0.1) is 0 Å². The Hall–Kier alpha value is -1.44. The van der Waals surface area contributed by atoms with Crippen LogP contribution in [0.4, 0.5) is 22.0 Å². The Morgan fingerprint density at radius 3 is 2.35 bits per heavy atom. The number of nitrogens with zero attached hydrogens (tertiary/aromatic N) is 1. The summed E-state index contributed by atoms with van der Waals surface area (Å²) in [6.07, 6.45) is -7.48. The first-order valence-corrected chi connectivity index (χ1v) is 4.34. The maximum Gasteiger partial charge on any atom is 0.433 e. The van der Waals surface area contributed by atoms with Crippen molar-refractivity contribution in [2.75, 3.05) is 7.11 Å². The molecule has 0 saturated heterocycles. The van der Waals surface area contributed by atoms with Gasteiger partial charge in [0, 0.05) is 6.20 Å². The summed E-state index contributed by atoms with van der Waals surface area (Å²) in [5.41, 5.74) is -3.01. The third kappa shape index (κ3) is 2.63. The van der Waals surface area contributed by atoms with Crippen molar-refractivity contribution in [3.05, 3.63) is 23.0 Å². The second kappa shape index (κ2) is 4.82. The summed E-state index contributed by atoms with van der Waals surface area (Å²) in [6, 6.07) is 0. The first-order chi connectivity index (χ1) is 7.82. The van der Waals surface area contributed by atoms with E-state index < -0.39 is 41.8 Å². The van der Waals surface area contributed by atoms with Crippen LogP contribution >= 0.6 is 0 Å². The van der Waals surface area contributed by atoms with Crippen molar-refractivity contribution in [1.29, 1.82) is 0 Å². The predicted molar refractivity (Wildman–Crippen MR) is 46.7 cm³/mol. The molecule has 8 heteroatoms. The van der Waals surface area contributed by atoms with Gasteiger partial charge in [-0.15, -0.1) is 0 Å². The van der Waals surface area contributed by atoms with Gasteiger partial charge in [-0.3, -0.25) is 4.98 Å². The van der Waals surface area contributed by atoms with Crippen LogP contribution in [0.15, 0.2) is 6.20 Å². The van der Waals surface area contributed by atoms with Crippen molar-refractivity contribution in [3.63, 3.8) is 0 Å². The molecule has 0 spiro atoms. The Kier molecular flexibility index (Phi) is 3.87. The van der Waals surface area contributed by atoms with Gasteiger partial charge >= 0.3 is 6.18 Å². The Labute approximate surface area is 92.8 Å². The monoisotopic (exact) mass is 257 g/mol. The number of rotatable bonds is 3. The highest BCUT2D eigenvalue weighted by Gasteiger charge is 2.38. The van der Waals surface area contributed by atoms with Gasteiger partial charge in [0.2, 0.25) is 0 Å². The maximum absolute atomic E-state index is 12.5. The predicted octanol–water partition coefficient (Wildman–Crippen LogP) is 2.54. The first kappa shape index (κ1) is 13.6. The summed E-state index contributed by atoms with van der Waals surface area (Å²) in [5, 5.41) is 8.84. The molecule has 0 aromatic carbocycles. The SMILES string of the molecule is COc1c(C(F)F)cnc(C(F)(F)F)c1CO. The van der Waals surface area contributed by atoms with E-state index in [1.807, 2.05) is 0 Å². The molecule has 96 valence electrons. The Balaban J connectivity index is 3.49. The second-order valence-corrected chi connectivity index (χ2v) is 3.03. The lowest BCUT2D eigenvalue weighted by atomic mass is 10.1. The van der Waals surface area contributed by atoms with Gasteiger partial charge in [-0.2, -0.15) is 13.2 Å². The van der Waals surface area contributed by atoms with Crippen molar-refractivity contribution in [3.8, 4) is 5.75 Å². The average Bonchev–Trinajstić information content (AvgIpc) is 2.25. The zero-order chi connectivity index (χ0) is 13.2. The number of hydrogen-bond donors (Lipinski definition) is 1. The van der Waals surface area contributed by atoms with Crippen LogP contribution in [-0.2, 0) is 12.8 Å². The molecule has 0 atom stereocenters. The summed E-state index contributed by atoms with van der Waals surface area (Å²) < 4.78 is 66.8. The van der Waals surface area contributed by atoms with Gasteiger partial charge in [0.05, 0.1) is 24.8 Å². The molecule has 1 N–H and O–H groups in total. The van der Waals surface area contributed by atoms with Gasteiger partial charge in [-0.05, 0) is 0 Å². The maximum atomic E-state index is 12.5. The molecule has 0 aliphatic heterocycles. The summed E-state index contributed by atoms with van der Waals surface area (Å²) in [7, 11) is 0.945. The molecule has 0 aliphatic carbocycles. The second-order valence-electron chi connectivity index (χ2n) is 3.03. The Morgan fingerprint density at radius 1 is 1.41 bits per heavy atom. The van der Waals surface area contributed by atoms with Crippen molar-refractivity contribution in [2.24, 2.45) is 0 Å². The van der Waals surface area contributed by atoms with E-state index in [0.717, 1.165) is 7.11 Å². The lowest BCUT2D eigenvalue weighted by Crippen LogP contribution is -2.14. The van der Waals surface area contributed by atoms with Gasteiger partial charge in [0.1, 0.15) is 5.75 Å². The lowest BCUT2D eigenvalue weighted by Gasteiger charge is -2.16. The summed E-state index contributed by atoms with van der Waals surface area (Å²) in [6.45, 7) is -1.09. The van der Waals surface area contributed by atoms with Crippen LogP contribution in [0.5, 0.6) is 5.75 Å². The van der Waals surface area contributed by atoms with Crippen LogP contribution in [-0.4, -0.2) is 17.2 Å². The summed E-state index contributed by atoms with van der Waals surface area (Å²) in [5.74, 6) is -0.690. The van der Waals surface area contributed by atoms with Crippen molar-refractivity contribution in [2.45, 2.75) is 19.2 Å². The van der Waals surface area contributed by atoms with Crippen LogP contribution in [0.3, 0.4) is 0 Å². The van der Waals surface area contributed by atoms with Crippen LogP contribution in [0.25, 0.3) is 0 Å². The number of halogens is 5. The molecule has 17 heavy (non-hydrogen) atoms. The number of pyridine rings is 1. The van der Waals surface area contributed by atoms with E-state index in [4.69, 9.17) is 5.11 Å². The molecule has 0 aliphatic rings. The molecule has 0 fully saturated rings. The quantitative estimate of drug-likeness (QED) is 0.846. The molecular formula is C9H8F5NO2. The van der Waals surface area contributed by atoms with Gasteiger partial charge in [-0.1, -0.05) is 0 Å². The van der Waals surface area contributed by atoms with Gasteiger partial charge in [0.25, 0.3) is 6.43 Å². The smallest absolute Gasteiger partial charge is 0.433 e. The van der Waals surface area contributed by atoms with Crippen molar-refractivity contribution in [1.82, 2.24) is 4.98 Å². The van der Waals surface area contributed by atoms with Crippen LogP contribution in [0.1, 0.15) is 23.2 Å². The summed E-state index contributed by atoms with van der Waals surface area (Å²) >= 11 is 0. The minimum atomic E-state index is -4.84. The number of hydrogen-bond acceptors (Lipinski definition) is 3. The minimum absolute atomic E-state index is 0.394. The van der Waals surface area contributed by atoms with Gasteiger partial charge in [0.15, 0.2) is 5.69 Å². The van der Waals surface area contributed by atoms with E-state index in [0.29, 0.717) is 6.20 Å². The highest BCUT2D eigenvalue weighted by Crippen LogP contribution is 2.38. The summed E-state index contributed by atoms with van der Waals surface area (Å²) in [4.78, 5) is 2.91. The zero-order valence-corrected chi connectivity index (χ0v) is 8.55. The fourth-order valence-corrected chi connectivity index (χ4v) is 1.34. The molecular weight excluding hydrogens is 249 g/mol. The van der Waals surface area contributed by atoms with E-state index in [2.05, 4.69) is 9.72 Å². The molecule has 1 heterocycles. The molecule has 3 nitrogen and oxygen atoms in total. The van der Waals surface area contributed by atoms with E-state index in [-0.39, 0.29) is 0 Å². The molecule has 0 saturated carbocycles. The molecule has 0 radical (unpaired) electrons. The van der Waals surface area contributed by atoms with E-state index in [1.165, 1.54) is 0 Å². The third-order valence-corrected chi connectivity index (χ3v) is 2.02. The van der Waals surface area contributed by atoms with E-state index in [1.54, 1.807) is 0 Å². The zero-order valence-electron chi connectivity index (χ0n) is 8.55. The number of aliphatic hydroxyl groups is 1. The molecule has 0 amide bonds. The van der Waals surface area contributed by atoms with E-state index >= 15 is 0 Å². The fourth-order valence-electron chi connectivity index (χ4n) is 1.34. The number of alkyl halides is 5. The van der Waals surface area contributed by atoms with Crippen LogP contribution in [0.2, 0.25) is 0 Å². The molecule has 1 aromatic rings. The highest BCUT2D eigenvalue weighted by atomic mass is 19.4. The first-order valence-electron chi connectivity index (χ1n) is 4.34. The normalized spacial score (nSPS) is 12.0. The van der Waals surface area contributed by atoms with Crippen molar-refractivity contribution < 1.29 is 31.8 Å². The Bertz CT molecular complexity index is 405. The lowest BCUT2D eigenvalue weighted by molar-refractivity contribution is -0.142. The number of ether oxygens (including phenoxy) is 1. The largest absolute Gasteiger partial charge is 0.496 e. The number of aromatic nitrogens is 1. The minimum Gasteiger partial charge on any atom is -0.496 e. The number of methoxy groups -OCH3 is 1. The van der Waals surface area contributed by atoms with Gasteiger partial charge < -0.3 is 9.84 Å². The topological polar surface area (TPSA) is 42.4 Å². The molecule has 1 aromatic heterocycles. The highest BCUT2D eigenvalue weighted by molar-refractivity contribution is 5.44. The number of aliphatic hydroxyl groups excluding tert-OH is 1. The van der Waals surface area contributed by atoms with Crippen molar-refractivity contribution >= 4 is 0 Å². The average molecular weight is 257 g/mol. The molecule has 0 unspecified atom stereocenters. The molecule has 0 bridgehead atoms. The molecule has 1 rings (SSSR count). The van der Waals surface area contributed by atoms with Crippen LogP contribution < -0.4 is 4.74 Å². The third-order valence-electron chi connectivity index (χ3n) is 2.02. The van der Waals surface area contributed by atoms with Gasteiger partial charge in [-0.25, -0.2) is 8.78 Å².